The van der Waals surface area contributed by atoms with Gasteiger partial charge in [0, 0.05) is 22.8 Å². The van der Waals surface area contributed by atoms with Crippen molar-refractivity contribution in [2.75, 3.05) is 0 Å². The molecule has 0 radical (unpaired) electrons. The zero-order chi connectivity index (χ0) is 19.4. The van der Waals surface area contributed by atoms with Crippen molar-refractivity contribution in [3.05, 3.63) is 57.0 Å². The van der Waals surface area contributed by atoms with E-state index in [0.717, 1.165) is 17.5 Å². The van der Waals surface area contributed by atoms with Crippen LogP contribution in [0.25, 0.3) is 5.69 Å². The molecule has 0 unspecified atom stereocenters. The molecule has 1 N–H and O–H groups in total. The number of aromatic nitrogens is 2. The maximum Gasteiger partial charge on any atom is 0.276 e. The van der Waals surface area contributed by atoms with Crippen molar-refractivity contribution in [1.29, 1.82) is 0 Å². The number of amides is 1. The standard InChI is InChI=1S/C22H24ClN3O2/c1-12-6-19(27)21(25-26(12)18-4-2-17(23)3-5-18)22(28)24-20-15-8-13-7-14(10-15)11-16(20)9-13/h2-6,13-16,20H,7-11H2,1H3,(H,24,28). The first-order chi connectivity index (χ1) is 13.5. The number of benzene rings is 1. The van der Waals surface area contributed by atoms with Crippen LogP contribution in [0.2, 0.25) is 5.02 Å². The van der Waals surface area contributed by atoms with Crippen molar-refractivity contribution >= 4 is 17.5 Å². The zero-order valence-corrected chi connectivity index (χ0v) is 16.7. The second-order valence-electron chi connectivity index (χ2n) is 8.82. The lowest BCUT2D eigenvalue weighted by molar-refractivity contribution is -0.0120. The van der Waals surface area contributed by atoms with Crippen LogP contribution in [0.1, 0.15) is 48.3 Å². The van der Waals surface area contributed by atoms with Crippen LogP contribution >= 0.6 is 11.6 Å². The van der Waals surface area contributed by atoms with Gasteiger partial charge in [-0.1, -0.05) is 11.6 Å². The highest BCUT2D eigenvalue weighted by Crippen LogP contribution is 2.53. The predicted octanol–water partition coefficient (Wildman–Crippen LogP) is 3.75. The van der Waals surface area contributed by atoms with Crippen molar-refractivity contribution in [3.63, 3.8) is 0 Å². The molecular weight excluding hydrogens is 374 g/mol. The Morgan fingerprint density at radius 2 is 1.68 bits per heavy atom. The fourth-order valence-electron chi connectivity index (χ4n) is 5.93. The van der Waals surface area contributed by atoms with Gasteiger partial charge in [-0.2, -0.15) is 5.10 Å². The van der Waals surface area contributed by atoms with Crippen LogP contribution < -0.4 is 10.7 Å². The fraction of sp³-hybridized carbons (Fsp3) is 0.500. The number of halogens is 1. The summed E-state index contributed by atoms with van der Waals surface area (Å²) in [6.07, 6.45) is 6.24. The van der Waals surface area contributed by atoms with E-state index in [-0.39, 0.29) is 23.1 Å². The number of hydrogen-bond donors (Lipinski definition) is 1. The van der Waals surface area contributed by atoms with Gasteiger partial charge in [0.1, 0.15) is 0 Å². The molecule has 28 heavy (non-hydrogen) atoms. The minimum absolute atomic E-state index is 0.0330. The third-order valence-corrected chi connectivity index (χ3v) is 7.17. The Labute approximate surface area is 169 Å². The van der Waals surface area contributed by atoms with Gasteiger partial charge in [0.2, 0.25) is 5.43 Å². The third-order valence-electron chi connectivity index (χ3n) is 6.92. The summed E-state index contributed by atoms with van der Waals surface area (Å²) < 4.78 is 1.63. The number of aryl methyl sites for hydroxylation is 1. The van der Waals surface area contributed by atoms with Crippen molar-refractivity contribution in [2.24, 2.45) is 23.7 Å². The van der Waals surface area contributed by atoms with E-state index < -0.39 is 0 Å². The second-order valence-corrected chi connectivity index (χ2v) is 9.25. The molecule has 0 aliphatic heterocycles. The molecule has 0 saturated heterocycles. The molecule has 4 fully saturated rings. The zero-order valence-electron chi connectivity index (χ0n) is 15.9. The van der Waals surface area contributed by atoms with E-state index in [1.165, 1.54) is 38.2 Å². The first-order valence-corrected chi connectivity index (χ1v) is 10.5. The molecule has 4 aliphatic rings. The predicted molar refractivity (Wildman–Crippen MR) is 108 cm³/mol. The van der Waals surface area contributed by atoms with E-state index in [1.54, 1.807) is 16.8 Å². The molecule has 0 atom stereocenters. The summed E-state index contributed by atoms with van der Waals surface area (Å²) in [5, 5.41) is 8.22. The molecule has 6 rings (SSSR count). The molecule has 0 spiro atoms. The van der Waals surface area contributed by atoms with E-state index in [2.05, 4.69) is 10.4 Å². The highest BCUT2D eigenvalue weighted by atomic mass is 35.5. The summed E-state index contributed by atoms with van der Waals surface area (Å²) in [6, 6.07) is 8.85. The third kappa shape index (κ3) is 3.06. The number of nitrogens with zero attached hydrogens (tertiary/aromatic N) is 2. The summed E-state index contributed by atoms with van der Waals surface area (Å²) >= 11 is 5.97. The van der Waals surface area contributed by atoms with Crippen LogP contribution in [0, 0.1) is 30.6 Å². The van der Waals surface area contributed by atoms with E-state index in [9.17, 15) is 9.59 Å². The molecule has 2 aromatic rings. The molecule has 1 aromatic carbocycles. The van der Waals surface area contributed by atoms with Crippen LogP contribution in [0.4, 0.5) is 0 Å². The van der Waals surface area contributed by atoms with Gasteiger partial charge in [0.15, 0.2) is 5.69 Å². The normalized spacial score (nSPS) is 30.4. The monoisotopic (exact) mass is 397 g/mol. The van der Waals surface area contributed by atoms with Crippen LogP contribution in [0.15, 0.2) is 35.1 Å². The van der Waals surface area contributed by atoms with Crippen LogP contribution in [-0.4, -0.2) is 21.7 Å². The summed E-state index contributed by atoms with van der Waals surface area (Å²) in [7, 11) is 0. The molecule has 4 bridgehead atoms. The Kier molecular flexibility index (Phi) is 4.31. The highest BCUT2D eigenvalue weighted by molar-refractivity contribution is 6.30. The smallest absolute Gasteiger partial charge is 0.276 e. The summed E-state index contributed by atoms with van der Waals surface area (Å²) in [6.45, 7) is 1.81. The number of rotatable bonds is 3. The van der Waals surface area contributed by atoms with Crippen LogP contribution in [0.5, 0.6) is 0 Å². The van der Waals surface area contributed by atoms with Gasteiger partial charge in [-0.15, -0.1) is 0 Å². The number of carbonyl (C=O) groups excluding carboxylic acids is 1. The van der Waals surface area contributed by atoms with E-state index in [4.69, 9.17) is 11.6 Å². The molecule has 4 aliphatic carbocycles. The SMILES string of the molecule is Cc1cc(=O)c(C(=O)NC2C3CC4CC(C3)CC2C4)nn1-c1ccc(Cl)cc1. The minimum Gasteiger partial charge on any atom is -0.347 e. The summed E-state index contributed by atoms with van der Waals surface area (Å²) in [4.78, 5) is 25.5. The topological polar surface area (TPSA) is 64.0 Å². The van der Waals surface area contributed by atoms with Gasteiger partial charge in [-0.3, -0.25) is 9.59 Å². The van der Waals surface area contributed by atoms with E-state index in [0.29, 0.717) is 22.6 Å². The average Bonchev–Trinajstić information content (AvgIpc) is 2.65. The lowest BCUT2D eigenvalue weighted by atomic mass is 9.54. The van der Waals surface area contributed by atoms with Gasteiger partial charge < -0.3 is 5.32 Å². The fourth-order valence-corrected chi connectivity index (χ4v) is 6.05. The second kappa shape index (κ2) is 6.73. The molecule has 1 heterocycles. The van der Waals surface area contributed by atoms with E-state index >= 15 is 0 Å². The van der Waals surface area contributed by atoms with Gasteiger partial charge in [-0.25, -0.2) is 4.68 Å². The molecule has 1 amide bonds. The maximum atomic E-state index is 13.0. The van der Waals surface area contributed by atoms with Crippen molar-refractivity contribution in [2.45, 2.75) is 45.1 Å². The van der Waals surface area contributed by atoms with E-state index in [1.807, 2.05) is 19.1 Å². The Balaban J connectivity index is 1.43. The number of hydrogen-bond acceptors (Lipinski definition) is 3. The van der Waals surface area contributed by atoms with Gasteiger partial charge in [-0.05, 0) is 87.0 Å². The van der Waals surface area contributed by atoms with Gasteiger partial charge in [0.25, 0.3) is 5.91 Å². The molecule has 146 valence electrons. The highest BCUT2D eigenvalue weighted by Gasteiger charge is 2.48. The number of carbonyl (C=O) groups is 1. The molecule has 1 aromatic heterocycles. The Hall–Kier alpha value is -2.14. The largest absolute Gasteiger partial charge is 0.347 e. The summed E-state index contributed by atoms with van der Waals surface area (Å²) in [5.74, 6) is 2.46. The van der Waals surface area contributed by atoms with Crippen molar-refractivity contribution < 1.29 is 4.79 Å². The molecule has 5 nitrogen and oxygen atoms in total. The summed E-state index contributed by atoms with van der Waals surface area (Å²) in [5.41, 5.74) is 1.09. The minimum atomic E-state index is -0.342. The number of nitrogens with one attached hydrogen (secondary N) is 1. The quantitative estimate of drug-likeness (QED) is 0.857. The Bertz CT molecular complexity index is 954. The lowest BCUT2D eigenvalue weighted by Crippen LogP contribution is -2.56. The molecule has 4 saturated carbocycles. The van der Waals surface area contributed by atoms with Crippen LogP contribution in [0.3, 0.4) is 0 Å². The van der Waals surface area contributed by atoms with Crippen LogP contribution in [-0.2, 0) is 0 Å². The van der Waals surface area contributed by atoms with Gasteiger partial charge >= 0.3 is 0 Å². The Morgan fingerprint density at radius 3 is 2.29 bits per heavy atom. The van der Waals surface area contributed by atoms with Crippen molar-refractivity contribution in [3.8, 4) is 5.69 Å². The lowest BCUT2D eigenvalue weighted by Gasteiger charge is -2.54. The van der Waals surface area contributed by atoms with Gasteiger partial charge in [0.05, 0.1) is 5.69 Å². The van der Waals surface area contributed by atoms with Crippen molar-refractivity contribution in [1.82, 2.24) is 15.1 Å². The first-order valence-electron chi connectivity index (χ1n) is 10.2. The average molecular weight is 398 g/mol. The molecular formula is C22H24ClN3O2. The maximum absolute atomic E-state index is 13.0. The first kappa shape index (κ1) is 17.9. The Morgan fingerprint density at radius 1 is 1.07 bits per heavy atom. The molecule has 6 heteroatoms.